The lowest BCUT2D eigenvalue weighted by Gasteiger charge is -2.33. The highest BCUT2D eigenvalue weighted by Crippen LogP contribution is 2.34. The molecule has 0 aliphatic heterocycles. The number of rotatable bonds is 4. The van der Waals surface area contributed by atoms with E-state index in [9.17, 15) is 9.59 Å². The minimum absolute atomic E-state index is 0.209. The summed E-state index contributed by atoms with van der Waals surface area (Å²) in [5.74, 6) is -1.24. The molecule has 5 heteroatoms. The van der Waals surface area contributed by atoms with Crippen molar-refractivity contribution >= 4 is 11.9 Å². The Kier molecular flexibility index (Phi) is 4.73. The SMILES string of the molecule is CC(C)(NC(=O)C1(CN)CCCCCC1)C(=O)O. The number of carbonyl (C=O) groups is 2. The Hall–Kier alpha value is -1.10. The van der Waals surface area contributed by atoms with Crippen LogP contribution in [-0.2, 0) is 9.59 Å². The number of hydrogen-bond donors (Lipinski definition) is 3. The van der Waals surface area contributed by atoms with Gasteiger partial charge in [-0.3, -0.25) is 4.79 Å². The molecule has 1 amide bonds. The number of nitrogens with two attached hydrogens (primary N) is 1. The first kappa shape index (κ1) is 15.0. The summed E-state index contributed by atoms with van der Waals surface area (Å²) in [7, 11) is 0. The summed E-state index contributed by atoms with van der Waals surface area (Å²) < 4.78 is 0. The lowest BCUT2D eigenvalue weighted by Crippen LogP contribution is -2.56. The van der Waals surface area contributed by atoms with Gasteiger partial charge in [-0.2, -0.15) is 0 Å². The maximum absolute atomic E-state index is 12.4. The van der Waals surface area contributed by atoms with Crippen LogP contribution >= 0.6 is 0 Å². The van der Waals surface area contributed by atoms with Crippen LogP contribution in [0.15, 0.2) is 0 Å². The van der Waals surface area contributed by atoms with Gasteiger partial charge in [0.05, 0.1) is 5.41 Å². The van der Waals surface area contributed by atoms with E-state index in [1.165, 1.54) is 13.8 Å². The molecule has 4 N–H and O–H groups in total. The Morgan fingerprint density at radius 2 is 1.72 bits per heavy atom. The monoisotopic (exact) mass is 256 g/mol. The van der Waals surface area contributed by atoms with E-state index in [4.69, 9.17) is 10.8 Å². The molecule has 0 spiro atoms. The first-order valence-electron chi connectivity index (χ1n) is 6.60. The topological polar surface area (TPSA) is 92.4 Å². The van der Waals surface area contributed by atoms with Gasteiger partial charge in [-0.15, -0.1) is 0 Å². The van der Waals surface area contributed by atoms with E-state index in [-0.39, 0.29) is 12.5 Å². The van der Waals surface area contributed by atoms with E-state index >= 15 is 0 Å². The van der Waals surface area contributed by atoms with E-state index in [1.54, 1.807) is 0 Å². The molecule has 104 valence electrons. The number of hydrogen-bond acceptors (Lipinski definition) is 3. The number of aliphatic carboxylic acids is 1. The minimum atomic E-state index is -1.24. The van der Waals surface area contributed by atoms with Gasteiger partial charge in [0.2, 0.25) is 5.91 Å². The van der Waals surface area contributed by atoms with Crippen LogP contribution in [0.25, 0.3) is 0 Å². The predicted octanol–water partition coefficient (Wildman–Crippen LogP) is 1.27. The molecule has 0 saturated heterocycles. The molecule has 1 aliphatic rings. The van der Waals surface area contributed by atoms with Gasteiger partial charge in [0.15, 0.2) is 0 Å². The second-order valence-electron chi connectivity index (χ2n) is 5.78. The summed E-state index contributed by atoms with van der Waals surface area (Å²) in [6, 6.07) is 0. The molecule has 0 heterocycles. The number of carboxylic acid groups (broad SMARTS) is 1. The van der Waals surface area contributed by atoms with Gasteiger partial charge in [0.1, 0.15) is 5.54 Å². The largest absolute Gasteiger partial charge is 0.480 e. The van der Waals surface area contributed by atoms with Crippen LogP contribution < -0.4 is 11.1 Å². The number of carbonyl (C=O) groups excluding carboxylic acids is 1. The average molecular weight is 256 g/mol. The molecule has 0 aromatic carbocycles. The van der Waals surface area contributed by atoms with Crippen LogP contribution in [0, 0.1) is 5.41 Å². The first-order chi connectivity index (χ1) is 8.34. The molecule has 0 radical (unpaired) electrons. The summed E-state index contributed by atoms with van der Waals surface area (Å²) >= 11 is 0. The van der Waals surface area contributed by atoms with Crippen molar-refractivity contribution in [3.63, 3.8) is 0 Å². The molecule has 0 aromatic rings. The summed E-state index contributed by atoms with van der Waals surface area (Å²) in [6.45, 7) is 3.27. The zero-order valence-electron chi connectivity index (χ0n) is 11.3. The molecule has 0 atom stereocenters. The second kappa shape index (κ2) is 5.69. The molecule has 1 rings (SSSR count). The van der Waals surface area contributed by atoms with Crippen molar-refractivity contribution in [3.8, 4) is 0 Å². The Morgan fingerprint density at radius 1 is 1.22 bits per heavy atom. The summed E-state index contributed by atoms with van der Waals surface area (Å²) in [4.78, 5) is 23.4. The molecule has 1 aliphatic carbocycles. The zero-order chi connectivity index (χ0) is 13.8. The van der Waals surface area contributed by atoms with Gasteiger partial charge >= 0.3 is 5.97 Å². The maximum Gasteiger partial charge on any atom is 0.328 e. The Morgan fingerprint density at radius 3 is 2.11 bits per heavy atom. The van der Waals surface area contributed by atoms with Crippen LogP contribution in [0.2, 0.25) is 0 Å². The third-order valence-electron chi connectivity index (χ3n) is 3.89. The van der Waals surface area contributed by atoms with E-state index in [1.807, 2.05) is 0 Å². The number of carboxylic acids is 1. The molecule has 0 unspecified atom stereocenters. The fourth-order valence-corrected chi connectivity index (χ4v) is 2.40. The van der Waals surface area contributed by atoms with Crippen LogP contribution in [0.1, 0.15) is 52.4 Å². The quantitative estimate of drug-likeness (QED) is 0.660. The van der Waals surface area contributed by atoms with E-state index in [2.05, 4.69) is 5.32 Å². The molecular weight excluding hydrogens is 232 g/mol. The van der Waals surface area contributed by atoms with Crippen molar-refractivity contribution in [2.45, 2.75) is 57.9 Å². The van der Waals surface area contributed by atoms with E-state index in [0.29, 0.717) is 0 Å². The van der Waals surface area contributed by atoms with E-state index < -0.39 is 16.9 Å². The predicted molar refractivity (Wildman–Crippen MR) is 69.0 cm³/mol. The molecule has 1 fully saturated rings. The minimum Gasteiger partial charge on any atom is -0.480 e. The fourth-order valence-electron chi connectivity index (χ4n) is 2.40. The molecule has 0 aromatic heterocycles. The zero-order valence-corrected chi connectivity index (χ0v) is 11.3. The Bertz CT molecular complexity index is 318. The average Bonchev–Trinajstić information content (AvgIpc) is 2.54. The fraction of sp³-hybridized carbons (Fsp3) is 0.846. The van der Waals surface area contributed by atoms with Gasteiger partial charge in [-0.1, -0.05) is 25.7 Å². The lowest BCUT2D eigenvalue weighted by molar-refractivity contribution is -0.148. The third kappa shape index (κ3) is 3.22. The Labute approximate surface area is 108 Å². The van der Waals surface area contributed by atoms with Crippen LogP contribution in [0.3, 0.4) is 0 Å². The summed E-state index contributed by atoms with van der Waals surface area (Å²) in [6.07, 6.45) is 5.72. The van der Waals surface area contributed by atoms with Crippen LogP contribution in [0.5, 0.6) is 0 Å². The lowest BCUT2D eigenvalue weighted by atomic mass is 9.79. The smallest absolute Gasteiger partial charge is 0.328 e. The van der Waals surface area contributed by atoms with Gasteiger partial charge < -0.3 is 16.2 Å². The summed E-state index contributed by atoms with van der Waals surface area (Å²) in [5, 5.41) is 11.7. The molecular formula is C13H24N2O3. The van der Waals surface area contributed by atoms with Crippen molar-refractivity contribution in [2.24, 2.45) is 11.1 Å². The molecule has 0 bridgehead atoms. The van der Waals surface area contributed by atoms with Gasteiger partial charge in [0.25, 0.3) is 0 Å². The van der Waals surface area contributed by atoms with Crippen LogP contribution in [-0.4, -0.2) is 29.1 Å². The van der Waals surface area contributed by atoms with Crippen molar-refractivity contribution in [2.75, 3.05) is 6.54 Å². The number of nitrogens with one attached hydrogen (secondary N) is 1. The number of amides is 1. The van der Waals surface area contributed by atoms with Crippen LogP contribution in [0.4, 0.5) is 0 Å². The highest BCUT2D eigenvalue weighted by Gasteiger charge is 2.41. The normalized spacial score (nSPS) is 19.9. The van der Waals surface area contributed by atoms with Crippen molar-refractivity contribution in [1.29, 1.82) is 0 Å². The molecule has 5 nitrogen and oxygen atoms in total. The standard InChI is InChI=1S/C13H24N2O3/c1-12(2,11(17)18)15-10(16)13(9-14)7-5-3-4-6-8-13/h3-9,14H2,1-2H3,(H,15,16)(H,17,18). The van der Waals surface area contributed by atoms with Gasteiger partial charge in [0, 0.05) is 6.54 Å². The highest BCUT2D eigenvalue weighted by molar-refractivity contribution is 5.89. The van der Waals surface area contributed by atoms with Gasteiger partial charge in [-0.25, -0.2) is 4.79 Å². The van der Waals surface area contributed by atoms with E-state index in [0.717, 1.165) is 38.5 Å². The van der Waals surface area contributed by atoms with Gasteiger partial charge in [-0.05, 0) is 26.7 Å². The van der Waals surface area contributed by atoms with Crippen molar-refractivity contribution in [3.05, 3.63) is 0 Å². The van der Waals surface area contributed by atoms with Crippen molar-refractivity contribution < 1.29 is 14.7 Å². The third-order valence-corrected chi connectivity index (χ3v) is 3.89. The maximum atomic E-state index is 12.4. The van der Waals surface area contributed by atoms with Crippen molar-refractivity contribution in [1.82, 2.24) is 5.32 Å². The molecule has 1 saturated carbocycles. The first-order valence-corrected chi connectivity index (χ1v) is 6.60. The highest BCUT2D eigenvalue weighted by atomic mass is 16.4. The molecule has 18 heavy (non-hydrogen) atoms. The Balaban J connectivity index is 2.81. The second-order valence-corrected chi connectivity index (χ2v) is 5.78. The summed E-state index contributed by atoms with van der Waals surface area (Å²) in [5.41, 5.74) is 3.97.